The fourth-order valence-electron chi connectivity index (χ4n) is 2.70. The van der Waals surface area contributed by atoms with Crippen LogP contribution < -0.4 is 9.47 Å². The third kappa shape index (κ3) is 1.95. The summed E-state index contributed by atoms with van der Waals surface area (Å²) in [5.74, 6) is 1.64. The molecule has 20 heavy (non-hydrogen) atoms. The van der Waals surface area contributed by atoms with Gasteiger partial charge in [-0.3, -0.25) is 0 Å². The van der Waals surface area contributed by atoms with E-state index >= 15 is 0 Å². The molecule has 0 fully saturated rings. The van der Waals surface area contributed by atoms with Crippen molar-refractivity contribution in [3.63, 3.8) is 0 Å². The Kier molecular flexibility index (Phi) is 2.94. The lowest BCUT2D eigenvalue weighted by Crippen LogP contribution is -2.29. The van der Waals surface area contributed by atoms with Gasteiger partial charge in [0, 0.05) is 11.1 Å². The first-order chi connectivity index (χ1) is 9.55. The van der Waals surface area contributed by atoms with Gasteiger partial charge in [0.15, 0.2) is 0 Å². The van der Waals surface area contributed by atoms with E-state index in [0.29, 0.717) is 0 Å². The van der Waals surface area contributed by atoms with E-state index in [2.05, 4.69) is 13.8 Å². The molecule has 1 N–H and O–H groups in total. The second-order valence-electron chi connectivity index (χ2n) is 5.51. The maximum atomic E-state index is 9.36. The second kappa shape index (κ2) is 4.53. The average molecular weight is 270 g/mol. The van der Waals surface area contributed by atoms with E-state index in [4.69, 9.17) is 9.47 Å². The quantitative estimate of drug-likeness (QED) is 0.908. The van der Waals surface area contributed by atoms with Gasteiger partial charge in [-0.1, -0.05) is 12.1 Å². The van der Waals surface area contributed by atoms with Gasteiger partial charge in [-0.15, -0.1) is 0 Å². The maximum Gasteiger partial charge on any atom is 0.129 e. The Morgan fingerprint density at radius 1 is 1.10 bits per heavy atom. The van der Waals surface area contributed by atoms with Gasteiger partial charge >= 0.3 is 0 Å². The maximum absolute atomic E-state index is 9.36. The van der Waals surface area contributed by atoms with E-state index < -0.39 is 0 Å². The summed E-state index contributed by atoms with van der Waals surface area (Å²) in [7, 11) is 1.65. The number of methoxy groups -OCH3 is 1. The first kappa shape index (κ1) is 13.0. The van der Waals surface area contributed by atoms with E-state index in [9.17, 15) is 5.11 Å². The smallest absolute Gasteiger partial charge is 0.129 e. The Morgan fingerprint density at radius 2 is 1.90 bits per heavy atom. The molecule has 0 aromatic heterocycles. The largest absolute Gasteiger partial charge is 0.497 e. The van der Waals surface area contributed by atoms with Crippen molar-refractivity contribution in [3.8, 4) is 22.6 Å². The van der Waals surface area contributed by atoms with Crippen LogP contribution in [0.4, 0.5) is 0 Å². The lowest BCUT2D eigenvalue weighted by Gasteiger charge is -2.35. The number of benzene rings is 2. The molecule has 0 amide bonds. The Balaban J connectivity index is 2.26. The van der Waals surface area contributed by atoms with Crippen LogP contribution >= 0.6 is 0 Å². The highest BCUT2D eigenvalue weighted by Gasteiger charge is 2.32. The third-order valence-corrected chi connectivity index (χ3v) is 3.76. The van der Waals surface area contributed by atoms with Gasteiger partial charge in [-0.25, -0.2) is 0 Å². The highest BCUT2D eigenvalue weighted by molar-refractivity contribution is 5.78. The van der Waals surface area contributed by atoms with Crippen LogP contribution in [0.25, 0.3) is 11.1 Å². The molecule has 0 aliphatic carbocycles. The van der Waals surface area contributed by atoms with Crippen molar-refractivity contribution in [1.82, 2.24) is 0 Å². The molecule has 0 saturated heterocycles. The molecule has 1 heterocycles. The fourth-order valence-corrected chi connectivity index (χ4v) is 2.70. The van der Waals surface area contributed by atoms with Crippen molar-refractivity contribution in [3.05, 3.63) is 47.5 Å². The van der Waals surface area contributed by atoms with Gasteiger partial charge in [0.25, 0.3) is 0 Å². The third-order valence-electron chi connectivity index (χ3n) is 3.76. The molecule has 0 unspecified atom stereocenters. The van der Waals surface area contributed by atoms with Crippen molar-refractivity contribution in [2.75, 3.05) is 7.11 Å². The van der Waals surface area contributed by atoms with Crippen molar-refractivity contribution >= 4 is 0 Å². The lowest BCUT2D eigenvalue weighted by atomic mass is 9.85. The number of rotatable bonds is 2. The number of ether oxygens (including phenoxy) is 2. The summed E-state index contributed by atoms with van der Waals surface area (Å²) in [6, 6.07) is 11.8. The molecule has 0 saturated carbocycles. The van der Waals surface area contributed by atoms with Crippen LogP contribution in [0.5, 0.6) is 11.5 Å². The molecular weight excluding hydrogens is 252 g/mol. The molecule has 3 nitrogen and oxygen atoms in total. The van der Waals surface area contributed by atoms with Crippen LogP contribution in [0.1, 0.15) is 25.0 Å². The number of fused-ring (bicyclic) bond motifs is 3. The zero-order chi connectivity index (χ0) is 14.3. The average Bonchev–Trinajstić information content (AvgIpc) is 2.46. The minimum absolute atomic E-state index is 0.0356. The van der Waals surface area contributed by atoms with E-state index in [1.165, 1.54) is 0 Å². The van der Waals surface area contributed by atoms with Crippen LogP contribution in [0.15, 0.2) is 36.4 Å². The normalized spacial score (nSPS) is 15.0. The van der Waals surface area contributed by atoms with Gasteiger partial charge in [-0.2, -0.15) is 0 Å². The summed E-state index contributed by atoms with van der Waals surface area (Å²) in [6.45, 7) is 4.14. The molecule has 104 valence electrons. The van der Waals surface area contributed by atoms with E-state index in [0.717, 1.165) is 33.8 Å². The molecule has 0 spiro atoms. The molecular formula is C17H18O3. The van der Waals surface area contributed by atoms with Crippen LogP contribution in [-0.4, -0.2) is 12.2 Å². The van der Waals surface area contributed by atoms with Gasteiger partial charge in [0.2, 0.25) is 0 Å². The summed E-state index contributed by atoms with van der Waals surface area (Å²) in [6.07, 6.45) is 0. The van der Waals surface area contributed by atoms with Gasteiger partial charge in [-0.05, 0) is 49.2 Å². The monoisotopic (exact) mass is 270 g/mol. The van der Waals surface area contributed by atoms with E-state index in [1.54, 1.807) is 7.11 Å². The standard InChI is InChI=1S/C17H18O3/c1-17(2)15-6-4-11(10-18)8-13(15)14-9-12(19-3)5-7-16(14)20-17/h4-9,18H,10H2,1-3H3. The SMILES string of the molecule is COc1ccc2c(c1)-c1cc(CO)ccc1C(C)(C)O2. The number of hydrogen-bond donors (Lipinski definition) is 1. The molecule has 0 radical (unpaired) electrons. The first-order valence-corrected chi connectivity index (χ1v) is 6.67. The topological polar surface area (TPSA) is 38.7 Å². The highest BCUT2D eigenvalue weighted by Crippen LogP contribution is 2.46. The number of aliphatic hydroxyl groups excluding tert-OH is 1. The van der Waals surface area contributed by atoms with Crippen LogP contribution in [0, 0.1) is 0 Å². The Hall–Kier alpha value is -2.00. The molecule has 3 rings (SSSR count). The number of aliphatic hydroxyl groups is 1. The second-order valence-corrected chi connectivity index (χ2v) is 5.51. The van der Waals surface area contributed by atoms with Crippen molar-refractivity contribution in [2.45, 2.75) is 26.1 Å². The van der Waals surface area contributed by atoms with Crippen LogP contribution in [-0.2, 0) is 12.2 Å². The van der Waals surface area contributed by atoms with Crippen molar-refractivity contribution < 1.29 is 14.6 Å². The van der Waals surface area contributed by atoms with Crippen LogP contribution in [0.3, 0.4) is 0 Å². The zero-order valence-electron chi connectivity index (χ0n) is 11.9. The zero-order valence-corrected chi connectivity index (χ0v) is 11.9. The molecule has 2 aromatic rings. The van der Waals surface area contributed by atoms with E-state index in [1.807, 2.05) is 36.4 Å². The lowest BCUT2D eigenvalue weighted by molar-refractivity contribution is 0.105. The Morgan fingerprint density at radius 3 is 2.60 bits per heavy atom. The molecule has 3 heteroatoms. The van der Waals surface area contributed by atoms with Crippen molar-refractivity contribution in [1.29, 1.82) is 0 Å². The molecule has 2 aromatic carbocycles. The van der Waals surface area contributed by atoms with Gasteiger partial charge in [0.05, 0.1) is 13.7 Å². The fraction of sp³-hybridized carbons (Fsp3) is 0.294. The summed E-state index contributed by atoms with van der Waals surface area (Å²) < 4.78 is 11.4. The van der Waals surface area contributed by atoms with Crippen LogP contribution in [0.2, 0.25) is 0 Å². The van der Waals surface area contributed by atoms with Crippen molar-refractivity contribution in [2.24, 2.45) is 0 Å². The Labute approximate surface area is 118 Å². The molecule has 1 aliphatic heterocycles. The highest BCUT2D eigenvalue weighted by atomic mass is 16.5. The summed E-state index contributed by atoms with van der Waals surface area (Å²) in [5, 5.41) is 9.36. The molecule has 0 bridgehead atoms. The first-order valence-electron chi connectivity index (χ1n) is 6.67. The predicted octanol–water partition coefficient (Wildman–Crippen LogP) is 3.48. The predicted molar refractivity (Wildman–Crippen MR) is 78.0 cm³/mol. The molecule has 1 aliphatic rings. The minimum Gasteiger partial charge on any atom is -0.497 e. The summed E-state index contributed by atoms with van der Waals surface area (Å²) in [4.78, 5) is 0. The molecule has 0 atom stereocenters. The van der Waals surface area contributed by atoms with Gasteiger partial charge < -0.3 is 14.6 Å². The summed E-state index contributed by atoms with van der Waals surface area (Å²) in [5.41, 5.74) is 3.74. The number of hydrogen-bond acceptors (Lipinski definition) is 3. The van der Waals surface area contributed by atoms with E-state index in [-0.39, 0.29) is 12.2 Å². The summed E-state index contributed by atoms with van der Waals surface area (Å²) >= 11 is 0. The van der Waals surface area contributed by atoms with Gasteiger partial charge in [0.1, 0.15) is 17.1 Å². The minimum atomic E-state index is -0.384. The Bertz CT molecular complexity index is 659.